The standard InChI is InChI=1S/C24H33F3N6O2/c1-5-33-14(2)10-22(31-33)30-19-11-18(12-20-23(19)29-15(3)32(20)4)35-17-8-6-16(7-9-17)28-13-21(34)24(25,26)27/h10-12,16-17,21,28,34H,5-9,13H2,1-4H3,(H,30,31)/t16-,17+,21-/m1/s1. The molecular weight excluding hydrogens is 461 g/mol. The van der Waals surface area contributed by atoms with Crippen molar-refractivity contribution >= 4 is 22.5 Å². The van der Waals surface area contributed by atoms with Gasteiger partial charge in [-0.25, -0.2) is 4.98 Å². The molecule has 3 aromatic rings. The molecule has 2 aromatic heterocycles. The number of alkyl halides is 3. The lowest BCUT2D eigenvalue weighted by Crippen LogP contribution is -2.44. The summed E-state index contributed by atoms with van der Waals surface area (Å²) in [6.07, 6.45) is -4.20. The maximum absolute atomic E-state index is 12.5. The number of rotatable bonds is 8. The predicted octanol–water partition coefficient (Wildman–Crippen LogP) is 4.35. The van der Waals surface area contributed by atoms with Crippen molar-refractivity contribution in [3.05, 3.63) is 29.7 Å². The Balaban J connectivity index is 1.45. The highest BCUT2D eigenvalue weighted by Crippen LogP contribution is 2.33. The lowest BCUT2D eigenvalue weighted by Gasteiger charge is -2.30. The molecule has 0 amide bonds. The van der Waals surface area contributed by atoms with Gasteiger partial charge < -0.3 is 25.0 Å². The molecule has 1 aliphatic rings. The highest BCUT2D eigenvalue weighted by atomic mass is 19.4. The zero-order valence-electron chi connectivity index (χ0n) is 20.5. The third-order valence-corrected chi connectivity index (χ3v) is 6.68. The summed E-state index contributed by atoms with van der Waals surface area (Å²) in [6, 6.07) is 5.82. The van der Waals surface area contributed by atoms with Gasteiger partial charge in [-0.3, -0.25) is 4.68 Å². The summed E-state index contributed by atoms with van der Waals surface area (Å²) in [5.74, 6) is 2.32. The first-order valence-electron chi connectivity index (χ1n) is 12.0. The largest absolute Gasteiger partial charge is 0.490 e. The number of fused-ring (bicyclic) bond motifs is 1. The molecule has 2 heterocycles. The normalized spacial score (nSPS) is 19.8. The van der Waals surface area contributed by atoms with Crippen LogP contribution in [0.2, 0.25) is 0 Å². The summed E-state index contributed by atoms with van der Waals surface area (Å²) in [5.41, 5.74) is 3.63. The third kappa shape index (κ3) is 5.72. The Kier molecular flexibility index (Phi) is 7.27. The fraction of sp³-hybridized carbons (Fsp3) is 0.583. The second kappa shape index (κ2) is 10.1. The van der Waals surface area contributed by atoms with Crippen molar-refractivity contribution in [3.63, 3.8) is 0 Å². The summed E-state index contributed by atoms with van der Waals surface area (Å²) in [6.45, 7) is 6.29. The van der Waals surface area contributed by atoms with Crippen molar-refractivity contribution in [2.75, 3.05) is 11.9 Å². The van der Waals surface area contributed by atoms with E-state index >= 15 is 0 Å². The van der Waals surface area contributed by atoms with Gasteiger partial charge in [-0.15, -0.1) is 0 Å². The van der Waals surface area contributed by atoms with E-state index in [1.807, 2.05) is 55.3 Å². The molecule has 8 nitrogen and oxygen atoms in total. The van der Waals surface area contributed by atoms with Crippen molar-refractivity contribution in [2.45, 2.75) is 77.4 Å². The zero-order valence-corrected chi connectivity index (χ0v) is 20.5. The number of imidazole rings is 1. The zero-order chi connectivity index (χ0) is 25.3. The fourth-order valence-corrected chi connectivity index (χ4v) is 4.54. The van der Waals surface area contributed by atoms with Gasteiger partial charge in [0.05, 0.1) is 17.3 Å². The molecule has 0 spiro atoms. The first kappa shape index (κ1) is 25.3. The van der Waals surface area contributed by atoms with Crippen molar-refractivity contribution in [3.8, 4) is 5.75 Å². The Labute approximate surface area is 202 Å². The van der Waals surface area contributed by atoms with E-state index in [4.69, 9.17) is 9.72 Å². The van der Waals surface area contributed by atoms with Crippen LogP contribution in [0.25, 0.3) is 11.0 Å². The molecule has 35 heavy (non-hydrogen) atoms. The molecule has 1 aromatic carbocycles. The molecule has 0 unspecified atom stereocenters. The van der Waals surface area contributed by atoms with Crippen LogP contribution < -0.4 is 15.4 Å². The van der Waals surface area contributed by atoms with Crippen LogP contribution in [0.5, 0.6) is 5.75 Å². The van der Waals surface area contributed by atoms with Crippen molar-refractivity contribution in [1.82, 2.24) is 24.6 Å². The minimum Gasteiger partial charge on any atom is -0.490 e. The van der Waals surface area contributed by atoms with Gasteiger partial charge >= 0.3 is 6.18 Å². The van der Waals surface area contributed by atoms with Crippen LogP contribution >= 0.6 is 0 Å². The monoisotopic (exact) mass is 494 g/mol. The average molecular weight is 495 g/mol. The number of halogens is 3. The smallest absolute Gasteiger partial charge is 0.415 e. The lowest BCUT2D eigenvalue weighted by molar-refractivity contribution is -0.202. The number of hydrogen-bond donors (Lipinski definition) is 3. The number of nitrogens with one attached hydrogen (secondary N) is 2. The summed E-state index contributed by atoms with van der Waals surface area (Å²) < 4.78 is 47.8. The van der Waals surface area contributed by atoms with E-state index in [1.54, 1.807) is 0 Å². The minimum absolute atomic E-state index is 0.0400. The molecule has 192 valence electrons. The van der Waals surface area contributed by atoms with Crippen LogP contribution in [0.1, 0.15) is 44.1 Å². The molecular formula is C24H33F3N6O2. The molecule has 11 heteroatoms. The van der Waals surface area contributed by atoms with Crippen molar-refractivity contribution in [1.29, 1.82) is 0 Å². The molecule has 0 bridgehead atoms. The highest BCUT2D eigenvalue weighted by molar-refractivity contribution is 5.92. The lowest BCUT2D eigenvalue weighted by atomic mass is 9.93. The molecule has 1 aliphatic carbocycles. The number of aliphatic hydroxyl groups is 1. The van der Waals surface area contributed by atoms with Crippen molar-refractivity contribution in [2.24, 2.45) is 7.05 Å². The molecule has 4 rings (SSSR count). The number of anilines is 2. The number of hydrogen-bond acceptors (Lipinski definition) is 6. The van der Waals surface area contributed by atoms with E-state index in [-0.39, 0.29) is 12.1 Å². The van der Waals surface area contributed by atoms with Crippen LogP contribution in [-0.2, 0) is 13.6 Å². The topological polar surface area (TPSA) is 89.2 Å². The maximum Gasteiger partial charge on any atom is 0.415 e. The van der Waals surface area contributed by atoms with Gasteiger partial charge in [-0.05, 0) is 46.5 Å². The van der Waals surface area contributed by atoms with Gasteiger partial charge in [-0.2, -0.15) is 18.3 Å². The number of nitrogens with zero attached hydrogens (tertiary/aromatic N) is 4. The van der Waals surface area contributed by atoms with Gasteiger partial charge in [0.1, 0.15) is 17.1 Å². The van der Waals surface area contributed by atoms with Gasteiger partial charge in [-0.1, -0.05) is 0 Å². The molecule has 0 aliphatic heterocycles. The first-order valence-corrected chi connectivity index (χ1v) is 12.0. The minimum atomic E-state index is -4.60. The Morgan fingerprint density at radius 3 is 2.51 bits per heavy atom. The van der Waals surface area contributed by atoms with Crippen LogP contribution in [0.3, 0.4) is 0 Å². The molecule has 0 radical (unpaired) electrons. The number of benzene rings is 1. The molecule has 3 N–H and O–H groups in total. The molecule has 1 saturated carbocycles. The molecule has 1 atom stereocenters. The Bertz CT molecular complexity index is 1160. The number of aromatic nitrogens is 4. The summed E-state index contributed by atoms with van der Waals surface area (Å²) in [7, 11) is 1.96. The SMILES string of the molecule is CCn1nc(Nc2cc(O[C@H]3CC[C@@H](NC[C@@H](O)C(F)(F)F)CC3)cc3c2nc(C)n3C)cc1C. The Morgan fingerprint density at radius 2 is 1.89 bits per heavy atom. The second-order valence-electron chi connectivity index (χ2n) is 9.23. The maximum atomic E-state index is 12.5. The van der Waals surface area contributed by atoms with Crippen LogP contribution in [0, 0.1) is 13.8 Å². The number of aliphatic hydroxyl groups excluding tert-OH is 1. The van der Waals surface area contributed by atoms with Gasteiger partial charge in [0.2, 0.25) is 0 Å². The second-order valence-corrected chi connectivity index (χ2v) is 9.23. The summed E-state index contributed by atoms with van der Waals surface area (Å²) in [5, 5.41) is 20.0. The quantitative estimate of drug-likeness (QED) is 0.432. The molecule has 0 saturated heterocycles. The number of ether oxygens (including phenoxy) is 1. The molecule has 1 fully saturated rings. The van der Waals surface area contributed by atoms with Crippen LogP contribution in [0.4, 0.5) is 24.7 Å². The summed E-state index contributed by atoms with van der Waals surface area (Å²) in [4.78, 5) is 4.71. The predicted molar refractivity (Wildman–Crippen MR) is 128 cm³/mol. The van der Waals surface area contributed by atoms with E-state index in [0.29, 0.717) is 31.4 Å². The van der Waals surface area contributed by atoms with Crippen molar-refractivity contribution < 1.29 is 23.0 Å². The van der Waals surface area contributed by atoms with E-state index in [1.165, 1.54) is 0 Å². The van der Waals surface area contributed by atoms with Gasteiger partial charge in [0, 0.05) is 50.1 Å². The third-order valence-electron chi connectivity index (χ3n) is 6.68. The number of aryl methyl sites for hydroxylation is 4. The van der Waals surface area contributed by atoms with E-state index in [2.05, 4.69) is 15.7 Å². The fourth-order valence-electron chi connectivity index (χ4n) is 4.54. The van der Waals surface area contributed by atoms with E-state index in [0.717, 1.165) is 40.6 Å². The Hall–Kier alpha value is -2.79. The average Bonchev–Trinajstić information content (AvgIpc) is 3.31. The van der Waals surface area contributed by atoms with E-state index in [9.17, 15) is 18.3 Å². The first-order chi connectivity index (χ1) is 16.5. The highest BCUT2D eigenvalue weighted by Gasteiger charge is 2.38. The Morgan fingerprint density at radius 1 is 1.17 bits per heavy atom. The van der Waals surface area contributed by atoms with Crippen LogP contribution in [0.15, 0.2) is 18.2 Å². The van der Waals surface area contributed by atoms with Crippen LogP contribution in [-0.4, -0.2) is 55.4 Å². The summed E-state index contributed by atoms with van der Waals surface area (Å²) >= 11 is 0. The van der Waals surface area contributed by atoms with Gasteiger partial charge in [0.25, 0.3) is 0 Å². The van der Waals surface area contributed by atoms with E-state index < -0.39 is 18.8 Å². The van der Waals surface area contributed by atoms with Gasteiger partial charge in [0.15, 0.2) is 11.9 Å².